The Balaban J connectivity index is 1.77. The molecule has 7 heteroatoms. The van der Waals surface area contributed by atoms with E-state index in [1.54, 1.807) is 0 Å². The first-order valence-electron chi connectivity index (χ1n) is 8.41. The molecule has 7 nitrogen and oxygen atoms in total. The molecule has 1 aromatic rings. The molecule has 1 aliphatic heterocycles. The van der Waals surface area contributed by atoms with Crippen LogP contribution in [0.15, 0.2) is 24.3 Å². The van der Waals surface area contributed by atoms with Gasteiger partial charge in [0.15, 0.2) is 0 Å². The fourth-order valence-electron chi connectivity index (χ4n) is 2.67. The zero-order chi connectivity index (χ0) is 18.4. The number of carbonyl (C=O) groups is 3. The number of hydrogen-bond donors (Lipinski definition) is 1. The van der Waals surface area contributed by atoms with E-state index in [4.69, 9.17) is 9.47 Å². The summed E-state index contributed by atoms with van der Waals surface area (Å²) in [6, 6.07) is 6.96. The maximum absolute atomic E-state index is 12.4. The van der Waals surface area contributed by atoms with Crippen LogP contribution < -0.4 is 10.1 Å². The van der Waals surface area contributed by atoms with Crippen molar-refractivity contribution in [2.75, 3.05) is 19.8 Å². The van der Waals surface area contributed by atoms with Gasteiger partial charge in [0.25, 0.3) is 5.91 Å². The standard InChI is InChI=1S/C18H24N2O5/c1-4-18(5-2)16(22)20(17(23)19-18)12-15(21)25-11-10-24-14-8-6-13(3)7-9-14/h6-9H,4-5,10-12H2,1-3H3,(H,19,23). The quantitative estimate of drug-likeness (QED) is 0.441. The number of imide groups is 1. The first kappa shape index (κ1) is 18.8. The molecule has 0 radical (unpaired) electrons. The van der Waals surface area contributed by atoms with Crippen molar-refractivity contribution < 1.29 is 23.9 Å². The van der Waals surface area contributed by atoms with Crippen molar-refractivity contribution >= 4 is 17.9 Å². The number of ether oxygens (including phenoxy) is 2. The molecule has 1 aromatic carbocycles. The predicted octanol–water partition coefficient (Wildman–Crippen LogP) is 2.03. The molecular formula is C18H24N2O5. The number of carbonyl (C=O) groups excluding carboxylic acids is 3. The number of urea groups is 1. The Morgan fingerprint density at radius 2 is 1.76 bits per heavy atom. The van der Waals surface area contributed by atoms with E-state index in [1.807, 2.05) is 45.0 Å². The Kier molecular flexibility index (Phi) is 6.01. The lowest BCUT2D eigenvalue weighted by Crippen LogP contribution is -2.46. The van der Waals surface area contributed by atoms with Crippen molar-refractivity contribution in [3.63, 3.8) is 0 Å². The Morgan fingerprint density at radius 3 is 2.32 bits per heavy atom. The molecule has 0 saturated carbocycles. The lowest BCUT2D eigenvalue weighted by atomic mass is 9.93. The van der Waals surface area contributed by atoms with Gasteiger partial charge in [-0.05, 0) is 31.9 Å². The highest BCUT2D eigenvalue weighted by Crippen LogP contribution is 2.24. The highest BCUT2D eigenvalue weighted by Gasteiger charge is 2.49. The van der Waals surface area contributed by atoms with Gasteiger partial charge in [0.1, 0.15) is 31.0 Å². The third-order valence-corrected chi connectivity index (χ3v) is 4.38. The molecule has 1 N–H and O–H groups in total. The van der Waals surface area contributed by atoms with Crippen LogP contribution in [0.3, 0.4) is 0 Å². The van der Waals surface area contributed by atoms with Gasteiger partial charge in [0.2, 0.25) is 0 Å². The van der Waals surface area contributed by atoms with Crippen LogP contribution in [0.25, 0.3) is 0 Å². The molecule has 1 heterocycles. The van der Waals surface area contributed by atoms with Crippen LogP contribution in [0.1, 0.15) is 32.3 Å². The smallest absolute Gasteiger partial charge is 0.326 e. The Labute approximate surface area is 147 Å². The second kappa shape index (κ2) is 8.00. The van der Waals surface area contributed by atoms with Crippen molar-refractivity contribution in [2.24, 2.45) is 0 Å². The zero-order valence-corrected chi connectivity index (χ0v) is 14.8. The minimum absolute atomic E-state index is 0.0447. The van der Waals surface area contributed by atoms with E-state index in [2.05, 4.69) is 5.32 Å². The number of benzene rings is 1. The zero-order valence-electron chi connectivity index (χ0n) is 14.8. The summed E-state index contributed by atoms with van der Waals surface area (Å²) in [7, 11) is 0. The monoisotopic (exact) mass is 348 g/mol. The summed E-state index contributed by atoms with van der Waals surface area (Å²) in [6.45, 7) is 5.48. The van der Waals surface area contributed by atoms with Gasteiger partial charge in [0, 0.05) is 0 Å². The van der Waals surface area contributed by atoms with Crippen molar-refractivity contribution in [1.82, 2.24) is 10.2 Å². The minimum atomic E-state index is -0.911. The molecule has 136 valence electrons. The van der Waals surface area contributed by atoms with E-state index in [0.717, 1.165) is 10.5 Å². The summed E-state index contributed by atoms with van der Waals surface area (Å²) in [6.07, 6.45) is 0.952. The maximum Gasteiger partial charge on any atom is 0.326 e. The summed E-state index contributed by atoms with van der Waals surface area (Å²) in [4.78, 5) is 37.1. The van der Waals surface area contributed by atoms with E-state index in [1.165, 1.54) is 0 Å². The summed E-state index contributed by atoms with van der Waals surface area (Å²) >= 11 is 0. The molecule has 0 aromatic heterocycles. The summed E-state index contributed by atoms with van der Waals surface area (Å²) in [5.74, 6) is -0.333. The van der Waals surface area contributed by atoms with Crippen LogP contribution in [-0.4, -0.2) is 48.1 Å². The molecule has 0 atom stereocenters. The Hall–Kier alpha value is -2.57. The second-order valence-corrected chi connectivity index (χ2v) is 5.99. The molecule has 0 unspecified atom stereocenters. The number of aryl methyl sites for hydroxylation is 1. The summed E-state index contributed by atoms with van der Waals surface area (Å²) in [5.41, 5.74) is 0.217. The van der Waals surface area contributed by atoms with Gasteiger partial charge >= 0.3 is 12.0 Å². The molecule has 0 aliphatic carbocycles. The third kappa shape index (κ3) is 4.29. The third-order valence-electron chi connectivity index (χ3n) is 4.38. The van der Waals surface area contributed by atoms with Crippen LogP contribution >= 0.6 is 0 Å². The van der Waals surface area contributed by atoms with Crippen molar-refractivity contribution in [3.05, 3.63) is 29.8 Å². The van der Waals surface area contributed by atoms with Gasteiger partial charge in [-0.2, -0.15) is 0 Å². The number of hydrogen-bond acceptors (Lipinski definition) is 5. The SMILES string of the molecule is CCC1(CC)NC(=O)N(CC(=O)OCCOc2ccc(C)cc2)C1=O. The van der Waals surface area contributed by atoms with Crippen molar-refractivity contribution in [2.45, 2.75) is 39.2 Å². The number of rotatable bonds is 8. The average Bonchev–Trinajstić information content (AvgIpc) is 2.85. The number of amides is 3. The van der Waals surface area contributed by atoms with Gasteiger partial charge in [0.05, 0.1) is 0 Å². The lowest BCUT2D eigenvalue weighted by molar-refractivity contribution is -0.148. The largest absolute Gasteiger partial charge is 0.490 e. The molecule has 0 bridgehead atoms. The average molecular weight is 348 g/mol. The van der Waals surface area contributed by atoms with Crippen LogP contribution in [0.2, 0.25) is 0 Å². The van der Waals surface area contributed by atoms with E-state index in [0.29, 0.717) is 18.6 Å². The minimum Gasteiger partial charge on any atom is -0.490 e. The van der Waals surface area contributed by atoms with Crippen LogP contribution in [0, 0.1) is 6.92 Å². The summed E-state index contributed by atoms with van der Waals surface area (Å²) in [5, 5.41) is 2.67. The molecule has 1 saturated heterocycles. The molecule has 1 fully saturated rings. The molecular weight excluding hydrogens is 324 g/mol. The molecule has 1 aliphatic rings. The number of nitrogens with zero attached hydrogens (tertiary/aromatic N) is 1. The van der Waals surface area contributed by atoms with Crippen LogP contribution in [0.4, 0.5) is 4.79 Å². The maximum atomic E-state index is 12.4. The Morgan fingerprint density at radius 1 is 1.12 bits per heavy atom. The highest BCUT2D eigenvalue weighted by molar-refractivity contribution is 6.08. The number of nitrogens with one attached hydrogen (secondary N) is 1. The Bertz CT molecular complexity index is 637. The highest BCUT2D eigenvalue weighted by atomic mass is 16.6. The first-order chi connectivity index (χ1) is 11.9. The van der Waals surface area contributed by atoms with E-state index in [9.17, 15) is 14.4 Å². The van der Waals surface area contributed by atoms with Crippen LogP contribution in [0.5, 0.6) is 5.75 Å². The van der Waals surface area contributed by atoms with Crippen molar-refractivity contribution in [3.8, 4) is 5.75 Å². The lowest BCUT2D eigenvalue weighted by Gasteiger charge is -2.22. The van der Waals surface area contributed by atoms with Crippen molar-refractivity contribution in [1.29, 1.82) is 0 Å². The van der Waals surface area contributed by atoms with E-state index in [-0.39, 0.29) is 19.1 Å². The van der Waals surface area contributed by atoms with Crippen LogP contribution in [-0.2, 0) is 14.3 Å². The molecule has 25 heavy (non-hydrogen) atoms. The first-order valence-corrected chi connectivity index (χ1v) is 8.41. The van der Waals surface area contributed by atoms with Gasteiger partial charge in [-0.3, -0.25) is 14.5 Å². The fourth-order valence-corrected chi connectivity index (χ4v) is 2.67. The molecule has 3 amide bonds. The molecule has 0 spiro atoms. The van der Waals surface area contributed by atoms with E-state index >= 15 is 0 Å². The normalized spacial score (nSPS) is 15.9. The van der Waals surface area contributed by atoms with Gasteiger partial charge < -0.3 is 14.8 Å². The topological polar surface area (TPSA) is 84.9 Å². The predicted molar refractivity (Wildman–Crippen MR) is 91.2 cm³/mol. The summed E-state index contributed by atoms with van der Waals surface area (Å²) < 4.78 is 10.5. The van der Waals surface area contributed by atoms with Gasteiger partial charge in [-0.15, -0.1) is 0 Å². The van der Waals surface area contributed by atoms with Gasteiger partial charge in [-0.1, -0.05) is 31.5 Å². The van der Waals surface area contributed by atoms with E-state index < -0.39 is 24.1 Å². The number of esters is 1. The second-order valence-electron chi connectivity index (χ2n) is 5.99. The fraction of sp³-hybridized carbons (Fsp3) is 0.500. The molecule has 2 rings (SSSR count). The van der Waals surface area contributed by atoms with Gasteiger partial charge in [-0.25, -0.2) is 4.79 Å².